The van der Waals surface area contributed by atoms with Gasteiger partial charge in [0.15, 0.2) is 0 Å². The van der Waals surface area contributed by atoms with Gasteiger partial charge in [0.25, 0.3) is 0 Å². The first kappa shape index (κ1) is 14.1. The molecular formula is C14H18O4. The first-order valence-corrected chi connectivity index (χ1v) is 5.70. The van der Waals surface area contributed by atoms with Crippen LogP contribution in [0.4, 0.5) is 0 Å². The predicted molar refractivity (Wildman–Crippen MR) is 69.8 cm³/mol. The molecule has 0 saturated heterocycles. The molecule has 0 atom stereocenters. The van der Waals surface area contributed by atoms with E-state index >= 15 is 0 Å². The van der Waals surface area contributed by atoms with Gasteiger partial charge in [-0.05, 0) is 31.6 Å². The molecule has 0 fully saturated rings. The molecule has 1 aromatic carbocycles. The number of carbonyl (C=O) groups is 1. The standard InChI is InChI=1S/C14H18O4/c1-5-18-13(15)9-10(2)14-11(16-3)7-6-8-12(14)17-4/h6-9H,5H2,1-4H3/b10-9+. The average molecular weight is 250 g/mol. The van der Waals surface area contributed by atoms with E-state index in [1.165, 1.54) is 6.08 Å². The van der Waals surface area contributed by atoms with Crippen molar-refractivity contribution < 1.29 is 19.0 Å². The number of rotatable bonds is 5. The first-order valence-electron chi connectivity index (χ1n) is 5.70. The minimum Gasteiger partial charge on any atom is -0.496 e. The van der Waals surface area contributed by atoms with Gasteiger partial charge >= 0.3 is 5.97 Å². The van der Waals surface area contributed by atoms with Crippen molar-refractivity contribution in [3.8, 4) is 11.5 Å². The highest BCUT2D eigenvalue weighted by Gasteiger charge is 2.12. The van der Waals surface area contributed by atoms with E-state index in [-0.39, 0.29) is 5.97 Å². The monoisotopic (exact) mass is 250 g/mol. The van der Waals surface area contributed by atoms with E-state index in [1.54, 1.807) is 21.1 Å². The van der Waals surface area contributed by atoms with Gasteiger partial charge in [-0.1, -0.05) is 6.07 Å². The summed E-state index contributed by atoms with van der Waals surface area (Å²) in [6, 6.07) is 5.47. The summed E-state index contributed by atoms with van der Waals surface area (Å²) >= 11 is 0. The summed E-state index contributed by atoms with van der Waals surface area (Å²) in [5, 5.41) is 0. The molecule has 0 N–H and O–H groups in total. The molecule has 0 unspecified atom stereocenters. The summed E-state index contributed by atoms with van der Waals surface area (Å²) in [5.41, 5.74) is 1.50. The number of benzene rings is 1. The SMILES string of the molecule is CCOC(=O)/C=C(\C)c1c(OC)cccc1OC. The van der Waals surface area contributed by atoms with Gasteiger partial charge in [0.05, 0.1) is 26.4 Å². The summed E-state index contributed by atoms with van der Waals surface area (Å²) < 4.78 is 15.4. The van der Waals surface area contributed by atoms with Crippen molar-refractivity contribution in [3.63, 3.8) is 0 Å². The summed E-state index contributed by atoms with van der Waals surface area (Å²) in [6.07, 6.45) is 1.43. The minimum absolute atomic E-state index is 0.353. The lowest BCUT2D eigenvalue weighted by Gasteiger charge is -2.13. The number of carbonyl (C=O) groups excluding carboxylic acids is 1. The van der Waals surface area contributed by atoms with Crippen molar-refractivity contribution in [2.75, 3.05) is 20.8 Å². The Morgan fingerprint density at radius 3 is 2.22 bits per heavy atom. The Hall–Kier alpha value is -1.97. The Balaban J connectivity index is 3.18. The zero-order valence-electron chi connectivity index (χ0n) is 11.1. The summed E-state index contributed by atoms with van der Waals surface area (Å²) in [5.74, 6) is 0.947. The van der Waals surface area contributed by atoms with Crippen LogP contribution in [0.25, 0.3) is 5.57 Å². The van der Waals surface area contributed by atoms with E-state index in [9.17, 15) is 4.79 Å². The van der Waals surface area contributed by atoms with Crippen molar-refractivity contribution in [2.45, 2.75) is 13.8 Å². The highest BCUT2D eigenvalue weighted by molar-refractivity contribution is 5.92. The molecule has 0 spiro atoms. The quantitative estimate of drug-likeness (QED) is 0.595. The molecule has 98 valence electrons. The van der Waals surface area contributed by atoms with E-state index in [4.69, 9.17) is 14.2 Å². The molecule has 4 nitrogen and oxygen atoms in total. The van der Waals surface area contributed by atoms with E-state index < -0.39 is 0 Å². The van der Waals surface area contributed by atoms with Crippen LogP contribution in [0.1, 0.15) is 19.4 Å². The van der Waals surface area contributed by atoms with Crippen molar-refractivity contribution >= 4 is 11.5 Å². The maximum Gasteiger partial charge on any atom is 0.331 e. The third-order valence-corrected chi connectivity index (χ3v) is 2.44. The highest BCUT2D eigenvalue weighted by Crippen LogP contribution is 2.34. The zero-order valence-corrected chi connectivity index (χ0v) is 11.1. The Bertz CT molecular complexity index is 427. The van der Waals surface area contributed by atoms with Crippen LogP contribution in [0.2, 0.25) is 0 Å². The average Bonchev–Trinajstić information content (AvgIpc) is 2.37. The van der Waals surface area contributed by atoms with E-state index in [0.29, 0.717) is 18.1 Å². The van der Waals surface area contributed by atoms with Crippen LogP contribution < -0.4 is 9.47 Å². The first-order chi connectivity index (χ1) is 8.63. The number of allylic oxidation sites excluding steroid dienone is 1. The normalized spacial score (nSPS) is 11.0. The summed E-state index contributed by atoms with van der Waals surface area (Å²) in [4.78, 5) is 11.4. The van der Waals surface area contributed by atoms with Crippen LogP contribution in [0, 0.1) is 0 Å². The van der Waals surface area contributed by atoms with Gasteiger partial charge in [0.1, 0.15) is 11.5 Å². The Morgan fingerprint density at radius 1 is 1.22 bits per heavy atom. The second-order valence-corrected chi connectivity index (χ2v) is 3.62. The topological polar surface area (TPSA) is 44.8 Å². The molecule has 0 aromatic heterocycles. The number of methoxy groups -OCH3 is 2. The van der Waals surface area contributed by atoms with Crippen LogP contribution in [-0.2, 0) is 9.53 Å². The van der Waals surface area contributed by atoms with Gasteiger partial charge < -0.3 is 14.2 Å². The number of esters is 1. The molecule has 0 heterocycles. The molecule has 0 aliphatic rings. The molecular weight excluding hydrogens is 232 g/mol. The molecule has 18 heavy (non-hydrogen) atoms. The molecule has 1 rings (SSSR count). The molecule has 0 amide bonds. The number of hydrogen-bond donors (Lipinski definition) is 0. The van der Waals surface area contributed by atoms with Gasteiger partial charge in [0, 0.05) is 6.08 Å². The fraction of sp³-hybridized carbons (Fsp3) is 0.357. The largest absolute Gasteiger partial charge is 0.496 e. The van der Waals surface area contributed by atoms with Crippen molar-refractivity contribution in [1.29, 1.82) is 0 Å². The van der Waals surface area contributed by atoms with Crippen molar-refractivity contribution in [3.05, 3.63) is 29.8 Å². The van der Waals surface area contributed by atoms with Gasteiger partial charge in [-0.3, -0.25) is 0 Å². The summed E-state index contributed by atoms with van der Waals surface area (Å²) in [6.45, 7) is 3.94. The van der Waals surface area contributed by atoms with E-state index in [1.807, 2.05) is 25.1 Å². The van der Waals surface area contributed by atoms with Gasteiger partial charge in [-0.2, -0.15) is 0 Å². The van der Waals surface area contributed by atoms with Gasteiger partial charge in [-0.25, -0.2) is 4.79 Å². The molecule has 0 aliphatic heterocycles. The molecule has 0 radical (unpaired) electrons. The molecule has 0 saturated carbocycles. The lowest BCUT2D eigenvalue weighted by Crippen LogP contribution is -2.01. The van der Waals surface area contributed by atoms with Crippen LogP contribution in [0.5, 0.6) is 11.5 Å². The zero-order chi connectivity index (χ0) is 13.5. The Labute approximate surface area is 107 Å². The smallest absolute Gasteiger partial charge is 0.331 e. The van der Waals surface area contributed by atoms with Crippen molar-refractivity contribution in [1.82, 2.24) is 0 Å². The lowest BCUT2D eigenvalue weighted by atomic mass is 10.0. The van der Waals surface area contributed by atoms with Crippen LogP contribution >= 0.6 is 0 Å². The van der Waals surface area contributed by atoms with E-state index in [2.05, 4.69) is 0 Å². The fourth-order valence-corrected chi connectivity index (χ4v) is 1.67. The molecule has 4 heteroatoms. The third-order valence-electron chi connectivity index (χ3n) is 2.44. The summed E-state index contributed by atoms with van der Waals surface area (Å²) in [7, 11) is 3.16. The van der Waals surface area contributed by atoms with Crippen LogP contribution in [0.3, 0.4) is 0 Å². The highest BCUT2D eigenvalue weighted by atomic mass is 16.5. The third kappa shape index (κ3) is 3.26. The Kier molecular flexibility index (Phi) is 5.24. The number of hydrogen-bond acceptors (Lipinski definition) is 4. The van der Waals surface area contributed by atoms with Crippen LogP contribution in [0.15, 0.2) is 24.3 Å². The second-order valence-electron chi connectivity index (χ2n) is 3.62. The maximum absolute atomic E-state index is 11.4. The second kappa shape index (κ2) is 6.69. The minimum atomic E-state index is -0.372. The van der Waals surface area contributed by atoms with Gasteiger partial charge in [0.2, 0.25) is 0 Å². The molecule has 0 bridgehead atoms. The predicted octanol–water partition coefficient (Wildman–Crippen LogP) is 2.67. The van der Waals surface area contributed by atoms with Crippen LogP contribution in [-0.4, -0.2) is 26.8 Å². The molecule has 1 aromatic rings. The van der Waals surface area contributed by atoms with Crippen molar-refractivity contribution in [2.24, 2.45) is 0 Å². The molecule has 0 aliphatic carbocycles. The number of ether oxygens (including phenoxy) is 3. The maximum atomic E-state index is 11.4. The van der Waals surface area contributed by atoms with Gasteiger partial charge in [-0.15, -0.1) is 0 Å². The van der Waals surface area contributed by atoms with E-state index in [0.717, 1.165) is 11.1 Å². The fourth-order valence-electron chi connectivity index (χ4n) is 1.67. The lowest BCUT2D eigenvalue weighted by molar-refractivity contribution is -0.137. The Morgan fingerprint density at radius 2 is 1.78 bits per heavy atom.